The molecule has 0 fully saturated rings. The minimum Gasteiger partial charge on any atom is -0.423 e. The molecule has 0 aliphatic carbocycles. The van der Waals surface area contributed by atoms with Crippen molar-refractivity contribution < 1.29 is 4.42 Å². The Morgan fingerprint density at radius 2 is 1.95 bits per heavy atom. The van der Waals surface area contributed by atoms with E-state index in [1.54, 1.807) is 0 Å². The van der Waals surface area contributed by atoms with Crippen LogP contribution in [0, 0.1) is 18.3 Å². The van der Waals surface area contributed by atoms with Crippen molar-refractivity contribution in [2.24, 2.45) is 0 Å². The summed E-state index contributed by atoms with van der Waals surface area (Å²) in [5.41, 5.74) is 4.67. The molecule has 0 saturated carbocycles. The molecule has 0 aliphatic heterocycles. The zero-order valence-corrected chi connectivity index (χ0v) is 12.0. The zero-order valence-electron chi connectivity index (χ0n) is 12.0. The third-order valence-corrected chi connectivity index (χ3v) is 3.43. The summed E-state index contributed by atoms with van der Waals surface area (Å²) < 4.78 is 5.81. The van der Waals surface area contributed by atoms with Crippen molar-refractivity contribution in [2.45, 2.75) is 13.3 Å². The fraction of sp³-hybridized carbons (Fsp3) is 0.176. The summed E-state index contributed by atoms with van der Waals surface area (Å²) in [5.74, 6) is 0. The van der Waals surface area contributed by atoms with Crippen molar-refractivity contribution in [3.05, 3.63) is 53.6 Å². The maximum Gasteiger partial charge on any atom is 0.302 e. The Balaban J connectivity index is 1.96. The topological polar surface area (TPSA) is 53.1 Å². The van der Waals surface area contributed by atoms with E-state index in [0.717, 1.165) is 16.8 Å². The van der Waals surface area contributed by atoms with Gasteiger partial charge in [-0.25, -0.2) is 0 Å². The van der Waals surface area contributed by atoms with E-state index in [4.69, 9.17) is 9.68 Å². The first-order chi connectivity index (χ1) is 10.2. The average molecular weight is 277 g/mol. The fourth-order valence-electron chi connectivity index (χ4n) is 2.18. The molecule has 0 aliphatic rings. The monoisotopic (exact) mass is 277 g/mol. The van der Waals surface area contributed by atoms with Crippen LogP contribution < -0.4 is 4.90 Å². The Morgan fingerprint density at radius 1 is 1.19 bits per heavy atom. The lowest BCUT2D eigenvalue weighted by Crippen LogP contribution is -2.09. The largest absolute Gasteiger partial charge is 0.423 e. The lowest BCUT2D eigenvalue weighted by atomic mass is 10.1. The molecule has 1 aromatic heterocycles. The quantitative estimate of drug-likeness (QED) is 0.727. The maximum absolute atomic E-state index is 8.75. The molecule has 4 heteroatoms. The second-order valence-electron chi connectivity index (χ2n) is 5.03. The molecule has 104 valence electrons. The molecular weight excluding hydrogens is 262 g/mol. The summed E-state index contributed by atoms with van der Waals surface area (Å²) in [5, 5.41) is 8.75. The van der Waals surface area contributed by atoms with E-state index in [9.17, 15) is 0 Å². The van der Waals surface area contributed by atoms with E-state index < -0.39 is 0 Å². The first-order valence-corrected chi connectivity index (χ1v) is 6.74. The summed E-state index contributed by atoms with van der Waals surface area (Å²) >= 11 is 0. The van der Waals surface area contributed by atoms with Gasteiger partial charge < -0.3 is 4.42 Å². The maximum atomic E-state index is 8.75. The number of hydrogen-bond donors (Lipinski definition) is 0. The van der Waals surface area contributed by atoms with Crippen LogP contribution in [0.3, 0.4) is 0 Å². The van der Waals surface area contributed by atoms with Gasteiger partial charge in [-0.15, -0.1) is 0 Å². The van der Waals surface area contributed by atoms with E-state index in [0.29, 0.717) is 18.0 Å². The van der Waals surface area contributed by atoms with Gasteiger partial charge in [0.05, 0.1) is 12.5 Å². The van der Waals surface area contributed by atoms with Crippen LogP contribution >= 0.6 is 0 Å². The van der Waals surface area contributed by atoms with Gasteiger partial charge in [-0.2, -0.15) is 10.2 Å². The number of fused-ring (bicyclic) bond motifs is 1. The molecule has 0 unspecified atom stereocenters. The van der Waals surface area contributed by atoms with Crippen molar-refractivity contribution >= 4 is 22.8 Å². The Hall–Kier alpha value is -2.80. The Labute approximate surface area is 123 Å². The number of oxazole rings is 1. The molecule has 0 N–H and O–H groups in total. The number of nitriles is 1. The summed E-state index contributed by atoms with van der Waals surface area (Å²) in [7, 11) is 1.92. The second-order valence-corrected chi connectivity index (χ2v) is 5.03. The molecule has 2 aromatic carbocycles. The first-order valence-electron chi connectivity index (χ1n) is 6.74. The van der Waals surface area contributed by atoms with Crippen molar-refractivity contribution in [3.8, 4) is 6.07 Å². The Bertz CT molecular complexity index is 812. The smallest absolute Gasteiger partial charge is 0.302 e. The average Bonchev–Trinajstić information content (AvgIpc) is 2.91. The molecule has 3 aromatic rings. The van der Waals surface area contributed by atoms with Crippen LogP contribution in [-0.4, -0.2) is 12.0 Å². The molecule has 21 heavy (non-hydrogen) atoms. The predicted octanol–water partition coefficient (Wildman–Crippen LogP) is 3.97. The molecule has 0 bridgehead atoms. The van der Waals surface area contributed by atoms with Gasteiger partial charge in [0, 0.05) is 12.7 Å². The van der Waals surface area contributed by atoms with Gasteiger partial charge in [-0.1, -0.05) is 23.8 Å². The molecule has 1 heterocycles. The van der Waals surface area contributed by atoms with Crippen molar-refractivity contribution in [2.75, 3.05) is 11.9 Å². The van der Waals surface area contributed by atoms with Crippen molar-refractivity contribution in [1.29, 1.82) is 5.26 Å². The van der Waals surface area contributed by atoms with Crippen LogP contribution in [0.4, 0.5) is 11.7 Å². The van der Waals surface area contributed by atoms with Gasteiger partial charge in [-0.3, -0.25) is 4.90 Å². The molecule has 0 radical (unpaired) electrons. The van der Waals surface area contributed by atoms with Crippen LogP contribution in [0.25, 0.3) is 11.1 Å². The molecule has 0 spiro atoms. The minimum atomic E-state index is 0.375. The number of nitrogens with zero attached hydrogens (tertiary/aromatic N) is 3. The lowest BCUT2D eigenvalue weighted by Gasteiger charge is -2.14. The molecule has 0 amide bonds. The summed E-state index contributed by atoms with van der Waals surface area (Å²) in [6, 6.07) is 16.5. The first kappa shape index (κ1) is 13.2. The Kier molecular flexibility index (Phi) is 3.33. The number of rotatable bonds is 3. The number of aromatic nitrogens is 1. The number of benzene rings is 2. The van der Waals surface area contributed by atoms with Crippen LogP contribution in [-0.2, 0) is 6.42 Å². The van der Waals surface area contributed by atoms with Crippen molar-refractivity contribution in [3.63, 3.8) is 0 Å². The van der Waals surface area contributed by atoms with Gasteiger partial charge in [0.1, 0.15) is 5.52 Å². The van der Waals surface area contributed by atoms with Crippen molar-refractivity contribution in [1.82, 2.24) is 4.98 Å². The predicted molar refractivity (Wildman–Crippen MR) is 82.6 cm³/mol. The van der Waals surface area contributed by atoms with E-state index in [1.165, 1.54) is 5.56 Å². The van der Waals surface area contributed by atoms with Crippen LogP contribution in [0.5, 0.6) is 0 Å². The van der Waals surface area contributed by atoms with Gasteiger partial charge in [-0.05, 0) is 36.8 Å². The van der Waals surface area contributed by atoms with E-state index in [1.807, 2.05) is 42.3 Å². The lowest BCUT2D eigenvalue weighted by molar-refractivity contribution is 0.603. The van der Waals surface area contributed by atoms with Crippen LogP contribution in [0.2, 0.25) is 0 Å². The molecule has 4 nitrogen and oxygen atoms in total. The number of hydrogen-bond acceptors (Lipinski definition) is 4. The number of anilines is 2. The second kappa shape index (κ2) is 5.29. The van der Waals surface area contributed by atoms with Gasteiger partial charge in [0.2, 0.25) is 0 Å². The number of aryl methyl sites for hydroxylation is 1. The highest BCUT2D eigenvalue weighted by Crippen LogP contribution is 2.27. The van der Waals surface area contributed by atoms with E-state index in [2.05, 4.69) is 30.1 Å². The molecular formula is C17H15N3O. The summed E-state index contributed by atoms with van der Waals surface area (Å²) in [6.07, 6.45) is 0.375. The zero-order chi connectivity index (χ0) is 14.8. The highest BCUT2D eigenvalue weighted by molar-refractivity contribution is 5.76. The van der Waals surface area contributed by atoms with E-state index in [-0.39, 0.29) is 0 Å². The summed E-state index contributed by atoms with van der Waals surface area (Å²) in [6.45, 7) is 2.06. The van der Waals surface area contributed by atoms with Crippen LogP contribution in [0.1, 0.15) is 11.1 Å². The standard InChI is InChI=1S/C17H15N3O/c1-12-3-6-14(7-4-12)20(2)17-19-15-8-5-13(9-10-18)11-16(15)21-17/h3-8,11H,9H2,1-2H3. The third-order valence-electron chi connectivity index (χ3n) is 3.43. The third kappa shape index (κ3) is 2.59. The SMILES string of the molecule is Cc1ccc(N(C)c2nc3ccc(CC#N)cc3o2)cc1. The highest BCUT2D eigenvalue weighted by Gasteiger charge is 2.12. The van der Waals surface area contributed by atoms with E-state index >= 15 is 0 Å². The molecule has 0 atom stereocenters. The summed E-state index contributed by atoms with van der Waals surface area (Å²) in [4.78, 5) is 6.40. The Morgan fingerprint density at radius 3 is 2.67 bits per heavy atom. The van der Waals surface area contributed by atoms with Crippen LogP contribution in [0.15, 0.2) is 46.9 Å². The fourth-order valence-corrected chi connectivity index (χ4v) is 2.18. The normalized spacial score (nSPS) is 10.5. The molecule has 0 saturated heterocycles. The van der Waals surface area contributed by atoms with Gasteiger partial charge >= 0.3 is 6.01 Å². The van der Waals surface area contributed by atoms with Gasteiger partial charge in [0.15, 0.2) is 5.58 Å². The minimum absolute atomic E-state index is 0.375. The molecule has 3 rings (SSSR count). The van der Waals surface area contributed by atoms with Gasteiger partial charge in [0.25, 0.3) is 0 Å². The highest BCUT2D eigenvalue weighted by atomic mass is 16.4.